The molecule has 0 radical (unpaired) electrons. The molecule has 1 aliphatic heterocycles. The van der Waals surface area contributed by atoms with E-state index in [1.54, 1.807) is 0 Å². The normalized spacial score (nSPS) is 19.4. The molecule has 0 bridgehead atoms. The number of likely N-dealkylation sites (tertiary alicyclic amines) is 1. The summed E-state index contributed by atoms with van der Waals surface area (Å²) in [7, 11) is 0. The second-order valence-electron chi connectivity index (χ2n) is 5.55. The van der Waals surface area contributed by atoms with E-state index in [4.69, 9.17) is 0 Å². The van der Waals surface area contributed by atoms with Gasteiger partial charge in [-0.05, 0) is 25.7 Å². The second kappa shape index (κ2) is 7.26. The summed E-state index contributed by atoms with van der Waals surface area (Å²) in [5, 5.41) is 5.36. The number of nitrogens with one attached hydrogen (secondary N) is 2. The predicted octanol–water partition coefficient (Wildman–Crippen LogP) is 0.174. The molecule has 1 saturated heterocycles. The number of nitrogens with zero attached hydrogens (tertiary/aromatic N) is 1. The highest BCUT2D eigenvalue weighted by atomic mass is 16.2. The summed E-state index contributed by atoms with van der Waals surface area (Å²) in [6.07, 6.45) is 6.43. The molecule has 0 atom stereocenters. The molecular formula is C14H23N3O3. The zero-order valence-electron chi connectivity index (χ0n) is 11.8. The average molecular weight is 281 g/mol. The van der Waals surface area contributed by atoms with E-state index in [0.29, 0.717) is 25.9 Å². The van der Waals surface area contributed by atoms with E-state index in [-0.39, 0.29) is 11.9 Å². The van der Waals surface area contributed by atoms with E-state index in [9.17, 15) is 14.4 Å². The summed E-state index contributed by atoms with van der Waals surface area (Å²) in [6.45, 7) is 1.90. The van der Waals surface area contributed by atoms with Crippen LogP contribution < -0.4 is 10.6 Å². The first kappa shape index (κ1) is 14.8. The Morgan fingerprint density at radius 3 is 2.55 bits per heavy atom. The molecular weight excluding hydrogens is 258 g/mol. The second-order valence-corrected chi connectivity index (χ2v) is 5.55. The van der Waals surface area contributed by atoms with Gasteiger partial charge in [0, 0.05) is 32.1 Å². The Kier molecular flexibility index (Phi) is 5.38. The van der Waals surface area contributed by atoms with Gasteiger partial charge in [-0.25, -0.2) is 0 Å². The van der Waals surface area contributed by atoms with Crippen molar-refractivity contribution in [2.24, 2.45) is 0 Å². The van der Waals surface area contributed by atoms with Crippen molar-refractivity contribution in [2.45, 2.75) is 51.0 Å². The summed E-state index contributed by atoms with van der Waals surface area (Å²) in [5.74, 6) is -0.908. The van der Waals surface area contributed by atoms with E-state index in [2.05, 4.69) is 10.6 Å². The third kappa shape index (κ3) is 4.21. The van der Waals surface area contributed by atoms with Crippen molar-refractivity contribution in [2.75, 3.05) is 19.6 Å². The highest BCUT2D eigenvalue weighted by Crippen LogP contribution is 2.17. The molecule has 0 aromatic heterocycles. The molecule has 112 valence electrons. The SMILES string of the molecule is O=C(NCCCN1CCCC1=O)C(=O)NC1CCCC1. The fourth-order valence-corrected chi connectivity index (χ4v) is 2.81. The van der Waals surface area contributed by atoms with E-state index in [1.807, 2.05) is 4.90 Å². The van der Waals surface area contributed by atoms with Crippen LogP contribution in [0.2, 0.25) is 0 Å². The lowest BCUT2D eigenvalue weighted by atomic mass is 10.2. The molecule has 6 heteroatoms. The summed E-state index contributed by atoms with van der Waals surface area (Å²) in [6, 6.07) is 0.162. The van der Waals surface area contributed by atoms with Crippen LogP contribution in [-0.4, -0.2) is 48.3 Å². The van der Waals surface area contributed by atoms with E-state index in [1.165, 1.54) is 0 Å². The summed E-state index contributed by atoms with van der Waals surface area (Å²) in [4.78, 5) is 36.4. The summed E-state index contributed by atoms with van der Waals surface area (Å²) in [5.41, 5.74) is 0. The monoisotopic (exact) mass is 281 g/mol. The number of amides is 3. The van der Waals surface area contributed by atoms with Crippen molar-refractivity contribution >= 4 is 17.7 Å². The van der Waals surface area contributed by atoms with Gasteiger partial charge in [0.05, 0.1) is 0 Å². The Hall–Kier alpha value is -1.59. The maximum absolute atomic E-state index is 11.6. The van der Waals surface area contributed by atoms with Gasteiger partial charge in [-0.3, -0.25) is 14.4 Å². The van der Waals surface area contributed by atoms with Gasteiger partial charge in [0.1, 0.15) is 0 Å². The fourth-order valence-electron chi connectivity index (χ4n) is 2.81. The van der Waals surface area contributed by atoms with E-state index < -0.39 is 11.8 Å². The lowest BCUT2D eigenvalue weighted by Gasteiger charge is -2.15. The molecule has 20 heavy (non-hydrogen) atoms. The molecule has 2 aliphatic rings. The van der Waals surface area contributed by atoms with Gasteiger partial charge < -0.3 is 15.5 Å². The molecule has 1 saturated carbocycles. The van der Waals surface area contributed by atoms with Crippen LogP contribution in [0.5, 0.6) is 0 Å². The quantitative estimate of drug-likeness (QED) is 0.557. The van der Waals surface area contributed by atoms with E-state index >= 15 is 0 Å². The Balaban J connectivity index is 1.57. The zero-order chi connectivity index (χ0) is 14.4. The van der Waals surface area contributed by atoms with Crippen molar-refractivity contribution in [3.63, 3.8) is 0 Å². The number of rotatable bonds is 5. The van der Waals surface area contributed by atoms with Crippen molar-refractivity contribution < 1.29 is 14.4 Å². The maximum atomic E-state index is 11.6. The first-order valence-corrected chi connectivity index (χ1v) is 7.53. The lowest BCUT2D eigenvalue weighted by Crippen LogP contribution is -2.44. The van der Waals surface area contributed by atoms with Gasteiger partial charge in [0.2, 0.25) is 5.91 Å². The molecule has 2 fully saturated rings. The lowest BCUT2D eigenvalue weighted by molar-refractivity contribution is -0.139. The Labute approximate surface area is 119 Å². The van der Waals surface area contributed by atoms with Crippen LogP contribution in [0.3, 0.4) is 0 Å². The number of hydrogen-bond acceptors (Lipinski definition) is 3. The minimum absolute atomic E-state index is 0.162. The van der Waals surface area contributed by atoms with Crippen LogP contribution in [0.15, 0.2) is 0 Å². The topological polar surface area (TPSA) is 78.5 Å². The van der Waals surface area contributed by atoms with Crippen molar-refractivity contribution in [3.05, 3.63) is 0 Å². The third-order valence-corrected chi connectivity index (χ3v) is 3.96. The Morgan fingerprint density at radius 1 is 1.15 bits per heavy atom. The standard InChI is InChI=1S/C14H23N3O3/c18-12-7-3-9-17(12)10-4-8-15-13(19)14(20)16-11-5-1-2-6-11/h11H,1-10H2,(H,15,19)(H,16,20). The molecule has 2 rings (SSSR count). The summed E-state index contributed by atoms with van der Waals surface area (Å²) >= 11 is 0. The predicted molar refractivity (Wildman–Crippen MR) is 73.8 cm³/mol. The van der Waals surface area contributed by atoms with Gasteiger partial charge in [0.25, 0.3) is 0 Å². The van der Waals surface area contributed by atoms with Crippen molar-refractivity contribution in [1.82, 2.24) is 15.5 Å². The molecule has 1 heterocycles. The number of hydrogen-bond donors (Lipinski definition) is 2. The van der Waals surface area contributed by atoms with Gasteiger partial charge >= 0.3 is 11.8 Å². The van der Waals surface area contributed by atoms with Crippen LogP contribution in [0, 0.1) is 0 Å². The van der Waals surface area contributed by atoms with Crippen LogP contribution in [0.4, 0.5) is 0 Å². The molecule has 1 aliphatic carbocycles. The van der Waals surface area contributed by atoms with Crippen LogP contribution in [0.25, 0.3) is 0 Å². The highest BCUT2D eigenvalue weighted by Gasteiger charge is 2.22. The number of carbonyl (C=O) groups excluding carboxylic acids is 3. The van der Waals surface area contributed by atoms with Crippen molar-refractivity contribution in [3.8, 4) is 0 Å². The zero-order valence-corrected chi connectivity index (χ0v) is 11.8. The first-order chi connectivity index (χ1) is 9.66. The van der Waals surface area contributed by atoms with Gasteiger partial charge in [0.15, 0.2) is 0 Å². The minimum Gasteiger partial charge on any atom is -0.348 e. The summed E-state index contributed by atoms with van der Waals surface area (Å²) < 4.78 is 0. The average Bonchev–Trinajstić information content (AvgIpc) is 3.06. The fraction of sp³-hybridized carbons (Fsp3) is 0.786. The molecule has 6 nitrogen and oxygen atoms in total. The molecule has 0 aromatic carbocycles. The molecule has 2 N–H and O–H groups in total. The number of carbonyl (C=O) groups is 3. The van der Waals surface area contributed by atoms with Crippen LogP contribution >= 0.6 is 0 Å². The van der Waals surface area contributed by atoms with Gasteiger partial charge in [-0.15, -0.1) is 0 Å². The molecule has 0 spiro atoms. The molecule has 0 unspecified atom stereocenters. The Morgan fingerprint density at radius 2 is 1.90 bits per heavy atom. The smallest absolute Gasteiger partial charge is 0.309 e. The molecule has 0 aromatic rings. The van der Waals surface area contributed by atoms with Crippen molar-refractivity contribution in [1.29, 1.82) is 0 Å². The largest absolute Gasteiger partial charge is 0.348 e. The highest BCUT2D eigenvalue weighted by molar-refractivity contribution is 6.35. The van der Waals surface area contributed by atoms with Gasteiger partial charge in [-0.2, -0.15) is 0 Å². The minimum atomic E-state index is -0.565. The maximum Gasteiger partial charge on any atom is 0.309 e. The molecule has 3 amide bonds. The van der Waals surface area contributed by atoms with E-state index in [0.717, 1.165) is 38.6 Å². The van der Waals surface area contributed by atoms with Crippen LogP contribution in [0.1, 0.15) is 44.9 Å². The Bertz CT molecular complexity index is 378. The van der Waals surface area contributed by atoms with Gasteiger partial charge in [-0.1, -0.05) is 12.8 Å². The first-order valence-electron chi connectivity index (χ1n) is 7.53. The third-order valence-electron chi connectivity index (χ3n) is 3.96. The van der Waals surface area contributed by atoms with Crippen LogP contribution in [-0.2, 0) is 14.4 Å².